The number of anilines is 2. The second-order valence-electron chi connectivity index (χ2n) is 3.70. The zero-order valence-corrected chi connectivity index (χ0v) is 10.9. The van der Waals surface area contributed by atoms with Crippen LogP contribution < -0.4 is 11.1 Å². The van der Waals surface area contributed by atoms with E-state index in [1.807, 2.05) is 0 Å². The van der Waals surface area contributed by atoms with Crippen LogP contribution in [0.2, 0.25) is 0 Å². The normalized spacial score (nSPS) is 10.1. The molecule has 0 atom stereocenters. The lowest BCUT2D eigenvalue weighted by Crippen LogP contribution is -2.13. The molecule has 5 heteroatoms. The Morgan fingerprint density at radius 2 is 1.83 bits per heavy atom. The highest BCUT2D eigenvalue weighted by molar-refractivity contribution is 9.10. The highest BCUT2D eigenvalue weighted by atomic mass is 79.9. The minimum absolute atomic E-state index is 0.0721. The number of carbonyl (C=O) groups excluding carboxylic acids is 1. The lowest BCUT2D eigenvalue weighted by atomic mass is 10.2. The van der Waals surface area contributed by atoms with E-state index in [1.165, 1.54) is 18.2 Å². The van der Waals surface area contributed by atoms with E-state index in [0.717, 1.165) is 4.47 Å². The van der Waals surface area contributed by atoms with Crippen molar-refractivity contribution >= 4 is 33.2 Å². The fourth-order valence-electron chi connectivity index (χ4n) is 1.43. The van der Waals surface area contributed by atoms with Crippen molar-refractivity contribution in [1.82, 2.24) is 0 Å². The Balaban J connectivity index is 2.21. The van der Waals surface area contributed by atoms with Gasteiger partial charge in [0.1, 0.15) is 5.82 Å². The second-order valence-corrected chi connectivity index (χ2v) is 4.62. The van der Waals surface area contributed by atoms with E-state index < -0.39 is 5.82 Å². The van der Waals surface area contributed by atoms with Gasteiger partial charge in [-0.15, -0.1) is 0 Å². The van der Waals surface area contributed by atoms with Gasteiger partial charge in [-0.3, -0.25) is 4.79 Å². The summed E-state index contributed by atoms with van der Waals surface area (Å²) in [5, 5.41) is 2.48. The average molecular weight is 309 g/mol. The van der Waals surface area contributed by atoms with E-state index in [4.69, 9.17) is 5.73 Å². The standard InChI is InChI=1S/C13H10BrFN2O/c14-9-3-1-8(2-4-9)13(18)17-12-7-10(16)5-6-11(12)15/h1-7H,16H2,(H,17,18). The monoisotopic (exact) mass is 308 g/mol. The van der Waals surface area contributed by atoms with Gasteiger partial charge in [0.15, 0.2) is 0 Å². The van der Waals surface area contributed by atoms with E-state index in [0.29, 0.717) is 11.3 Å². The van der Waals surface area contributed by atoms with E-state index in [1.54, 1.807) is 24.3 Å². The Morgan fingerprint density at radius 3 is 2.50 bits per heavy atom. The van der Waals surface area contributed by atoms with Gasteiger partial charge in [-0.25, -0.2) is 4.39 Å². The summed E-state index contributed by atoms with van der Waals surface area (Å²) in [6.45, 7) is 0. The molecule has 0 aromatic heterocycles. The van der Waals surface area contributed by atoms with Gasteiger partial charge in [0, 0.05) is 15.7 Å². The first-order valence-corrected chi connectivity index (χ1v) is 5.97. The molecule has 0 bridgehead atoms. The van der Waals surface area contributed by atoms with Crippen LogP contribution >= 0.6 is 15.9 Å². The smallest absolute Gasteiger partial charge is 0.255 e. The molecule has 2 aromatic carbocycles. The van der Waals surface area contributed by atoms with Crippen molar-refractivity contribution < 1.29 is 9.18 Å². The molecule has 0 aliphatic carbocycles. The number of nitrogen functional groups attached to an aromatic ring is 1. The Morgan fingerprint density at radius 1 is 1.17 bits per heavy atom. The molecular weight excluding hydrogens is 299 g/mol. The molecule has 18 heavy (non-hydrogen) atoms. The minimum Gasteiger partial charge on any atom is -0.399 e. The van der Waals surface area contributed by atoms with Crippen LogP contribution in [0.5, 0.6) is 0 Å². The Bertz CT molecular complexity index is 584. The van der Waals surface area contributed by atoms with Crippen molar-refractivity contribution in [2.45, 2.75) is 0 Å². The predicted molar refractivity (Wildman–Crippen MR) is 72.9 cm³/mol. The van der Waals surface area contributed by atoms with Crippen LogP contribution in [0.3, 0.4) is 0 Å². The summed E-state index contributed by atoms with van der Waals surface area (Å²) in [6.07, 6.45) is 0. The van der Waals surface area contributed by atoms with Crippen molar-refractivity contribution in [3.63, 3.8) is 0 Å². The summed E-state index contributed by atoms with van der Waals surface area (Å²) >= 11 is 3.27. The van der Waals surface area contributed by atoms with E-state index in [9.17, 15) is 9.18 Å². The number of nitrogens with one attached hydrogen (secondary N) is 1. The first-order chi connectivity index (χ1) is 8.56. The third-order valence-electron chi connectivity index (χ3n) is 2.35. The molecule has 0 heterocycles. The number of hydrogen-bond donors (Lipinski definition) is 2. The molecule has 0 saturated heterocycles. The highest BCUT2D eigenvalue weighted by Crippen LogP contribution is 2.19. The fourth-order valence-corrected chi connectivity index (χ4v) is 1.70. The van der Waals surface area contributed by atoms with Crippen molar-refractivity contribution in [2.75, 3.05) is 11.1 Å². The zero-order chi connectivity index (χ0) is 13.1. The maximum absolute atomic E-state index is 13.4. The van der Waals surface area contributed by atoms with Gasteiger partial charge in [-0.05, 0) is 42.5 Å². The molecule has 0 fully saturated rings. The number of carbonyl (C=O) groups is 1. The van der Waals surface area contributed by atoms with Crippen molar-refractivity contribution in [1.29, 1.82) is 0 Å². The molecule has 0 saturated carbocycles. The maximum atomic E-state index is 13.4. The number of rotatable bonds is 2. The summed E-state index contributed by atoms with van der Waals surface area (Å²) < 4.78 is 14.3. The lowest BCUT2D eigenvalue weighted by Gasteiger charge is -2.07. The third-order valence-corrected chi connectivity index (χ3v) is 2.87. The number of halogens is 2. The molecule has 0 aliphatic heterocycles. The SMILES string of the molecule is Nc1ccc(F)c(NC(=O)c2ccc(Br)cc2)c1. The third kappa shape index (κ3) is 2.87. The van der Waals surface area contributed by atoms with Crippen LogP contribution in [-0.4, -0.2) is 5.91 Å². The van der Waals surface area contributed by atoms with Gasteiger partial charge in [0.2, 0.25) is 0 Å². The number of amides is 1. The Hall–Kier alpha value is -1.88. The van der Waals surface area contributed by atoms with Gasteiger partial charge in [0.25, 0.3) is 5.91 Å². The molecule has 2 rings (SSSR count). The predicted octanol–water partition coefficient (Wildman–Crippen LogP) is 3.42. The van der Waals surface area contributed by atoms with Gasteiger partial charge in [0.05, 0.1) is 5.69 Å². The van der Waals surface area contributed by atoms with Crippen LogP contribution in [-0.2, 0) is 0 Å². The summed E-state index contributed by atoms with van der Waals surface area (Å²) in [6, 6.07) is 10.8. The Labute approximate surface area is 112 Å². The summed E-state index contributed by atoms with van der Waals surface area (Å²) in [4.78, 5) is 11.9. The quantitative estimate of drug-likeness (QED) is 0.835. The summed E-state index contributed by atoms with van der Waals surface area (Å²) in [5.41, 5.74) is 6.45. The number of nitrogens with two attached hydrogens (primary N) is 1. The number of benzene rings is 2. The van der Waals surface area contributed by atoms with Crippen molar-refractivity contribution in [3.8, 4) is 0 Å². The van der Waals surface area contributed by atoms with Crippen LogP contribution in [0.25, 0.3) is 0 Å². The highest BCUT2D eigenvalue weighted by Gasteiger charge is 2.09. The molecule has 3 nitrogen and oxygen atoms in total. The zero-order valence-electron chi connectivity index (χ0n) is 9.28. The summed E-state index contributed by atoms with van der Waals surface area (Å²) in [5.74, 6) is -0.901. The first-order valence-electron chi connectivity index (χ1n) is 5.18. The van der Waals surface area contributed by atoms with Gasteiger partial charge < -0.3 is 11.1 Å². The van der Waals surface area contributed by atoms with Crippen molar-refractivity contribution in [2.24, 2.45) is 0 Å². The molecule has 92 valence electrons. The van der Waals surface area contributed by atoms with Gasteiger partial charge in [-0.1, -0.05) is 15.9 Å². The maximum Gasteiger partial charge on any atom is 0.255 e. The molecule has 0 unspecified atom stereocenters. The van der Waals surface area contributed by atoms with E-state index in [2.05, 4.69) is 21.2 Å². The van der Waals surface area contributed by atoms with Crippen LogP contribution in [0.15, 0.2) is 46.9 Å². The largest absolute Gasteiger partial charge is 0.399 e. The van der Waals surface area contributed by atoms with E-state index >= 15 is 0 Å². The first kappa shape index (κ1) is 12.6. The van der Waals surface area contributed by atoms with Crippen LogP contribution in [0.1, 0.15) is 10.4 Å². The molecule has 0 radical (unpaired) electrons. The molecular formula is C13H10BrFN2O. The Kier molecular flexibility index (Phi) is 3.62. The second kappa shape index (κ2) is 5.18. The minimum atomic E-state index is -0.519. The molecule has 3 N–H and O–H groups in total. The van der Waals surface area contributed by atoms with Crippen LogP contribution in [0, 0.1) is 5.82 Å². The lowest BCUT2D eigenvalue weighted by molar-refractivity contribution is 0.102. The molecule has 0 aliphatic rings. The van der Waals surface area contributed by atoms with Gasteiger partial charge in [-0.2, -0.15) is 0 Å². The fraction of sp³-hybridized carbons (Fsp3) is 0. The molecule has 2 aromatic rings. The van der Waals surface area contributed by atoms with Gasteiger partial charge >= 0.3 is 0 Å². The number of hydrogen-bond acceptors (Lipinski definition) is 2. The van der Waals surface area contributed by atoms with Crippen LogP contribution in [0.4, 0.5) is 15.8 Å². The molecule has 1 amide bonds. The summed E-state index contributed by atoms with van der Waals surface area (Å²) in [7, 11) is 0. The van der Waals surface area contributed by atoms with Crippen molar-refractivity contribution in [3.05, 3.63) is 58.3 Å². The topological polar surface area (TPSA) is 55.1 Å². The average Bonchev–Trinajstić information content (AvgIpc) is 2.34. The molecule has 0 spiro atoms. The van der Waals surface area contributed by atoms with E-state index in [-0.39, 0.29) is 11.6 Å².